The molecule has 9 heteroatoms. The molecular formula is C10H10F3N5S. The fourth-order valence-corrected chi connectivity index (χ4v) is 4.07. The van der Waals surface area contributed by atoms with E-state index in [4.69, 9.17) is 0 Å². The largest absolute Gasteiger partial charge is 0.453 e. The molecule has 0 amide bonds. The molecule has 2 aromatic heterocycles. The van der Waals surface area contributed by atoms with Crippen LogP contribution in [0.1, 0.15) is 36.0 Å². The van der Waals surface area contributed by atoms with Crippen LogP contribution in [0.2, 0.25) is 0 Å². The first kappa shape index (κ1) is 11.6. The molecule has 0 aromatic carbocycles. The number of halogens is 3. The van der Waals surface area contributed by atoms with E-state index in [1.165, 1.54) is 11.3 Å². The molecule has 0 aliphatic carbocycles. The fourth-order valence-electron chi connectivity index (χ4n) is 3.06. The topological polar surface area (TPSA) is 55.1 Å². The first-order valence-electron chi connectivity index (χ1n) is 6.08. The Labute approximate surface area is 109 Å². The van der Waals surface area contributed by atoms with Crippen LogP contribution in [-0.2, 0) is 6.18 Å². The molecule has 2 fully saturated rings. The van der Waals surface area contributed by atoms with Crippen LogP contribution < -0.4 is 5.32 Å². The Morgan fingerprint density at radius 2 is 2.11 bits per heavy atom. The summed E-state index contributed by atoms with van der Waals surface area (Å²) in [5, 5.41) is 15.0. The molecule has 2 saturated heterocycles. The van der Waals surface area contributed by atoms with E-state index in [2.05, 4.69) is 20.6 Å². The Balaban J connectivity index is 1.75. The van der Waals surface area contributed by atoms with Gasteiger partial charge in [-0.05, 0) is 19.3 Å². The van der Waals surface area contributed by atoms with Crippen molar-refractivity contribution in [2.75, 3.05) is 0 Å². The third kappa shape index (κ3) is 1.68. The van der Waals surface area contributed by atoms with Crippen LogP contribution in [0.4, 0.5) is 13.2 Å². The van der Waals surface area contributed by atoms with E-state index in [9.17, 15) is 13.2 Å². The maximum absolute atomic E-state index is 12.7. The second-order valence-electron chi connectivity index (χ2n) is 5.05. The SMILES string of the molecule is FC(F)(F)c1nnc2sc(C3CC4CCC3N4)nn12. The normalized spacial score (nSPS) is 30.6. The standard InChI is InChI=1S/C10H10F3N5S/c11-10(12,13)8-15-16-9-18(8)17-7(19-9)5-3-4-1-2-6(5)14-4/h4-6,14H,1-3H2. The van der Waals surface area contributed by atoms with E-state index in [0.29, 0.717) is 12.1 Å². The van der Waals surface area contributed by atoms with Crippen molar-refractivity contribution in [2.45, 2.75) is 43.4 Å². The Bertz CT molecular complexity index is 633. The number of hydrogen-bond donors (Lipinski definition) is 1. The highest BCUT2D eigenvalue weighted by atomic mass is 32.1. The van der Waals surface area contributed by atoms with Crippen LogP contribution in [0.3, 0.4) is 0 Å². The van der Waals surface area contributed by atoms with Gasteiger partial charge in [-0.2, -0.15) is 22.8 Å². The number of rotatable bonds is 1. The van der Waals surface area contributed by atoms with Gasteiger partial charge in [-0.25, -0.2) is 0 Å². The average molecular weight is 289 g/mol. The summed E-state index contributed by atoms with van der Waals surface area (Å²) in [4.78, 5) is 0.213. The molecule has 2 bridgehead atoms. The Hall–Kier alpha value is -1.22. The summed E-state index contributed by atoms with van der Waals surface area (Å²) in [6.07, 6.45) is -1.34. The minimum atomic E-state index is -4.52. The molecule has 4 heterocycles. The van der Waals surface area contributed by atoms with Gasteiger partial charge in [-0.15, -0.1) is 10.2 Å². The first-order chi connectivity index (χ1) is 9.02. The zero-order chi connectivity index (χ0) is 13.2. The summed E-state index contributed by atoms with van der Waals surface area (Å²) in [5.41, 5.74) is 0. The lowest BCUT2D eigenvalue weighted by atomic mass is 9.90. The first-order valence-corrected chi connectivity index (χ1v) is 6.89. The van der Waals surface area contributed by atoms with Gasteiger partial charge in [-0.3, -0.25) is 0 Å². The van der Waals surface area contributed by atoms with Gasteiger partial charge >= 0.3 is 6.18 Å². The molecule has 2 aliphatic rings. The number of nitrogens with one attached hydrogen (secondary N) is 1. The van der Waals surface area contributed by atoms with Crippen LogP contribution in [0, 0.1) is 0 Å². The van der Waals surface area contributed by atoms with Crippen LogP contribution in [0.5, 0.6) is 0 Å². The Kier molecular flexibility index (Phi) is 2.23. The predicted molar refractivity (Wildman–Crippen MR) is 61.0 cm³/mol. The molecule has 3 atom stereocenters. The summed E-state index contributed by atoms with van der Waals surface area (Å²) < 4.78 is 39.0. The van der Waals surface area contributed by atoms with Crippen LogP contribution >= 0.6 is 11.3 Å². The third-order valence-electron chi connectivity index (χ3n) is 3.88. The number of nitrogens with zero attached hydrogens (tertiary/aromatic N) is 4. The predicted octanol–water partition coefficient (Wildman–Crippen LogP) is 1.81. The third-order valence-corrected chi connectivity index (χ3v) is 4.91. The van der Waals surface area contributed by atoms with Gasteiger partial charge in [0.1, 0.15) is 5.01 Å². The molecule has 3 unspecified atom stereocenters. The molecule has 2 aromatic rings. The van der Waals surface area contributed by atoms with Crippen LogP contribution in [-0.4, -0.2) is 31.9 Å². The summed E-state index contributed by atoms with van der Waals surface area (Å²) in [7, 11) is 0. The number of fused-ring (bicyclic) bond motifs is 3. The second-order valence-corrected chi connectivity index (χ2v) is 6.03. The van der Waals surface area contributed by atoms with Gasteiger partial charge in [0.25, 0.3) is 5.82 Å². The van der Waals surface area contributed by atoms with Gasteiger partial charge < -0.3 is 5.32 Å². The van der Waals surface area contributed by atoms with Crippen molar-refractivity contribution >= 4 is 16.3 Å². The molecule has 4 rings (SSSR count). The van der Waals surface area contributed by atoms with Crippen molar-refractivity contribution < 1.29 is 13.2 Å². The lowest BCUT2D eigenvalue weighted by Crippen LogP contribution is -2.21. The summed E-state index contributed by atoms with van der Waals surface area (Å²) in [6.45, 7) is 0. The molecule has 0 saturated carbocycles. The van der Waals surface area contributed by atoms with Crippen molar-refractivity contribution in [1.29, 1.82) is 0 Å². The molecule has 1 N–H and O–H groups in total. The summed E-state index contributed by atoms with van der Waals surface area (Å²) in [6, 6.07) is 0.842. The van der Waals surface area contributed by atoms with Crippen molar-refractivity contribution in [2.24, 2.45) is 0 Å². The highest BCUT2D eigenvalue weighted by molar-refractivity contribution is 7.16. The van der Waals surface area contributed by atoms with E-state index < -0.39 is 12.0 Å². The highest BCUT2D eigenvalue weighted by Gasteiger charge is 2.43. The molecule has 19 heavy (non-hydrogen) atoms. The number of aromatic nitrogens is 4. The van der Waals surface area contributed by atoms with Gasteiger partial charge in [0.2, 0.25) is 4.96 Å². The molecule has 0 radical (unpaired) electrons. The van der Waals surface area contributed by atoms with Gasteiger partial charge in [0.05, 0.1) is 0 Å². The smallest absolute Gasteiger partial charge is 0.311 e. The van der Waals surface area contributed by atoms with E-state index in [0.717, 1.165) is 28.8 Å². The van der Waals surface area contributed by atoms with Crippen molar-refractivity contribution in [3.05, 3.63) is 10.8 Å². The monoisotopic (exact) mass is 289 g/mol. The van der Waals surface area contributed by atoms with Crippen molar-refractivity contribution in [3.63, 3.8) is 0 Å². The molecule has 0 spiro atoms. The number of hydrogen-bond acceptors (Lipinski definition) is 5. The van der Waals surface area contributed by atoms with Gasteiger partial charge in [-0.1, -0.05) is 11.3 Å². The second kappa shape index (κ2) is 3.66. The molecule has 102 valence electrons. The maximum Gasteiger partial charge on any atom is 0.453 e. The fraction of sp³-hybridized carbons (Fsp3) is 0.700. The molecule has 5 nitrogen and oxygen atoms in total. The van der Waals surface area contributed by atoms with Gasteiger partial charge in [0.15, 0.2) is 0 Å². The number of alkyl halides is 3. The summed E-state index contributed by atoms with van der Waals surface area (Å²) >= 11 is 1.21. The molecule has 2 aliphatic heterocycles. The van der Waals surface area contributed by atoms with E-state index in [1.807, 2.05) is 0 Å². The van der Waals surface area contributed by atoms with Crippen LogP contribution in [0.25, 0.3) is 4.96 Å². The van der Waals surface area contributed by atoms with E-state index >= 15 is 0 Å². The quantitative estimate of drug-likeness (QED) is 0.870. The van der Waals surface area contributed by atoms with Crippen molar-refractivity contribution in [3.8, 4) is 0 Å². The summed E-state index contributed by atoms with van der Waals surface area (Å²) in [5.74, 6) is -0.826. The zero-order valence-corrected chi connectivity index (χ0v) is 10.5. The minimum Gasteiger partial charge on any atom is -0.311 e. The zero-order valence-electron chi connectivity index (χ0n) is 9.68. The average Bonchev–Trinajstić information content (AvgIpc) is 3.06. The van der Waals surface area contributed by atoms with E-state index in [-0.39, 0.29) is 10.9 Å². The van der Waals surface area contributed by atoms with Crippen molar-refractivity contribution in [1.82, 2.24) is 25.1 Å². The lowest BCUT2D eigenvalue weighted by Gasteiger charge is -2.16. The minimum absolute atomic E-state index is 0.213. The van der Waals surface area contributed by atoms with Gasteiger partial charge in [0, 0.05) is 18.0 Å². The molecular weight excluding hydrogens is 279 g/mol. The maximum atomic E-state index is 12.7. The van der Waals surface area contributed by atoms with Crippen LogP contribution in [0.15, 0.2) is 0 Å². The lowest BCUT2D eigenvalue weighted by molar-refractivity contribution is -0.146. The Morgan fingerprint density at radius 1 is 1.26 bits per heavy atom. The highest BCUT2D eigenvalue weighted by Crippen LogP contribution is 2.41. The Morgan fingerprint density at radius 3 is 2.74 bits per heavy atom. The van der Waals surface area contributed by atoms with E-state index in [1.54, 1.807) is 0 Å².